The highest BCUT2D eigenvalue weighted by molar-refractivity contribution is 5.97. The Morgan fingerprint density at radius 2 is 2.21 bits per heavy atom. The molecule has 19 heavy (non-hydrogen) atoms. The lowest BCUT2D eigenvalue weighted by Gasteiger charge is -2.23. The van der Waals surface area contributed by atoms with Gasteiger partial charge in [-0.15, -0.1) is 0 Å². The Bertz CT molecular complexity index is 457. The van der Waals surface area contributed by atoms with Gasteiger partial charge in [-0.05, 0) is 50.0 Å². The van der Waals surface area contributed by atoms with Gasteiger partial charge in [0.25, 0.3) is 5.91 Å². The predicted octanol–water partition coefficient (Wildman–Crippen LogP) is 2.19. The maximum Gasteiger partial charge on any atom is 0.265 e. The molecule has 1 aromatic rings. The van der Waals surface area contributed by atoms with Crippen LogP contribution in [0, 0.1) is 5.92 Å². The summed E-state index contributed by atoms with van der Waals surface area (Å²) in [6, 6.07) is 5.99. The molecule has 0 saturated heterocycles. The Morgan fingerprint density at radius 3 is 2.95 bits per heavy atom. The third-order valence-electron chi connectivity index (χ3n) is 3.12. The van der Waals surface area contributed by atoms with E-state index in [1.54, 1.807) is 6.92 Å². The summed E-state index contributed by atoms with van der Waals surface area (Å²) >= 11 is 0. The summed E-state index contributed by atoms with van der Waals surface area (Å²) in [5.74, 6) is 1.34. The summed E-state index contributed by atoms with van der Waals surface area (Å²) in [7, 11) is 0. The minimum Gasteiger partial charge on any atom is -0.479 e. The summed E-state index contributed by atoms with van der Waals surface area (Å²) in [5, 5.41) is 6.28. The number of anilines is 1. The summed E-state index contributed by atoms with van der Waals surface area (Å²) in [4.78, 5) is 11.6. The number of hydrogen-bond donors (Lipinski definition) is 2. The lowest BCUT2D eigenvalue weighted by Crippen LogP contribution is -2.34. The molecule has 1 heterocycles. The molecule has 0 saturated carbocycles. The van der Waals surface area contributed by atoms with Crippen LogP contribution >= 0.6 is 0 Å². The quantitative estimate of drug-likeness (QED) is 0.800. The zero-order valence-corrected chi connectivity index (χ0v) is 11.8. The molecule has 0 bridgehead atoms. The molecule has 1 unspecified atom stereocenters. The van der Waals surface area contributed by atoms with Crippen LogP contribution in [0.1, 0.15) is 26.3 Å². The second kappa shape index (κ2) is 6.06. The van der Waals surface area contributed by atoms with Crippen LogP contribution in [-0.2, 0) is 11.2 Å². The molecule has 0 fully saturated rings. The average molecular weight is 262 g/mol. The maximum absolute atomic E-state index is 11.6. The zero-order valence-electron chi connectivity index (χ0n) is 11.8. The third-order valence-corrected chi connectivity index (χ3v) is 3.12. The molecule has 1 aliphatic heterocycles. The molecular weight excluding hydrogens is 240 g/mol. The Hall–Kier alpha value is -1.55. The van der Waals surface area contributed by atoms with Gasteiger partial charge in [0, 0.05) is 0 Å². The minimum absolute atomic E-state index is 0.0809. The van der Waals surface area contributed by atoms with Crippen molar-refractivity contribution >= 4 is 11.6 Å². The van der Waals surface area contributed by atoms with E-state index in [2.05, 4.69) is 30.5 Å². The Balaban J connectivity index is 1.94. The van der Waals surface area contributed by atoms with Crippen LogP contribution in [0.2, 0.25) is 0 Å². The van der Waals surface area contributed by atoms with Crippen molar-refractivity contribution in [3.63, 3.8) is 0 Å². The van der Waals surface area contributed by atoms with Crippen LogP contribution in [0.15, 0.2) is 18.2 Å². The summed E-state index contributed by atoms with van der Waals surface area (Å²) in [6.45, 7) is 8.12. The molecule has 0 radical (unpaired) electrons. The smallest absolute Gasteiger partial charge is 0.265 e. The molecule has 1 atom stereocenters. The van der Waals surface area contributed by atoms with Crippen LogP contribution in [-0.4, -0.2) is 25.1 Å². The van der Waals surface area contributed by atoms with E-state index < -0.39 is 6.10 Å². The van der Waals surface area contributed by atoms with Gasteiger partial charge in [0.05, 0.1) is 5.69 Å². The van der Waals surface area contributed by atoms with Crippen molar-refractivity contribution in [1.82, 2.24) is 5.32 Å². The predicted molar refractivity (Wildman–Crippen MR) is 76.6 cm³/mol. The first kappa shape index (κ1) is 13.9. The number of nitrogens with one attached hydrogen (secondary N) is 2. The molecule has 104 valence electrons. The number of ether oxygens (including phenoxy) is 1. The van der Waals surface area contributed by atoms with Gasteiger partial charge in [-0.25, -0.2) is 0 Å². The number of rotatable bonds is 5. The fourth-order valence-electron chi connectivity index (χ4n) is 2.03. The van der Waals surface area contributed by atoms with Gasteiger partial charge >= 0.3 is 0 Å². The standard InChI is InChI=1S/C15H22N2O2/c1-10(2)9-16-7-6-12-4-5-14-13(8-12)17-15(18)11(3)19-14/h4-5,8,10-11,16H,6-7,9H2,1-3H3,(H,17,18). The van der Waals surface area contributed by atoms with Gasteiger partial charge in [0.1, 0.15) is 5.75 Å². The van der Waals surface area contributed by atoms with Crippen LogP contribution in [0.4, 0.5) is 5.69 Å². The number of carbonyl (C=O) groups is 1. The van der Waals surface area contributed by atoms with Gasteiger partial charge in [-0.3, -0.25) is 4.79 Å². The molecule has 1 aromatic carbocycles. The van der Waals surface area contributed by atoms with Gasteiger partial charge in [0.15, 0.2) is 6.10 Å². The highest BCUT2D eigenvalue weighted by atomic mass is 16.5. The number of benzene rings is 1. The topological polar surface area (TPSA) is 50.4 Å². The van der Waals surface area contributed by atoms with E-state index >= 15 is 0 Å². The van der Waals surface area contributed by atoms with E-state index in [4.69, 9.17) is 4.74 Å². The van der Waals surface area contributed by atoms with Crippen molar-refractivity contribution in [2.75, 3.05) is 18.4 Å². The molecular formula is C15H22N2O2. The van der Waals surface area contributed by atoms with Crippen molar-refractivity contribution < 1.29 is 9.53 Å². The molecule has 2 rings (SSSR count). The van der Waals surface area contributed by atoms with E-state index in [0.717, 1.165) is 30.9 Å². The van der Waals surface area contributed by atoms with E-state index in [9.17, 15) is 4.79 Å². The number of carbonyl (C=O) groups excluding carboxylic acids is 1. The van der Waals surface area contributed by atoms with E-state index in [0.29, 0.717) is 5.92 Å². The lowest BCUT2D eigenvalue weighted by molar-refractivity contribution is -0.122. The SMILES string of the molecule is CC(C)CNCCc1ccc2c(c1)NC(=O)C(C)O2. The number of amides is 1. The largest absolute Gasteiger partial charge is 0.479 e. The van der Waals surface area contributed by atoms with Crippen LogP contribution in [0.25, 0.3) is 0 Å². The van der Waals surface area contributed by atoms with Crippen molar-refractivity contribution in [3.8, 4) is 5.75 Å². The fourth-order valence-corrected chi connectivity index (χ4v) is 2.03. The molecule has 0 spiro atoms. The van der Waals surface area contributed by atoms with Gasteiger partial charge in [-0.1, -0.05) is 19.9 Å². The molecule has 1 aliphatic rings. The zero-order chi connectivity index (χ0) is 13.8. The van der Waals surface area contributed by atoms with Gasteiger partial charge < -0.3 is 15.4 Å². The Kier molecular flexibility index (Phi) is 4.43. The second-order valence-electron chi connectivity index (χ2n) is 5.43. The fraction of sp³-hybridized carbons (Fsp3) is 0.533. The molecule has 0 aromatic heterocycles. The van der Waals surface area contributed by atoms with Crippen molar-refractivity contribution in [1.29, 1.82) is 0 Å². The molecule has 4 heteroatoms. The van der Waals surface area contributed by atoms with Crippen molar-refractivity contribution in [2.45, 2.75) is 33.3 Å². The van der Waals surface area contributed by atoms with Gasteiger partial charge in [0.2, 0.25) is 0 Å². The summed E-state index contributed by atoms with van der Waals surface area (Å²) in [6.07, 6.45) is 0.539. The van der Waals surface area contributed by atoms with Crippen LogP contribution < -0.4 is 15.4 Å². The second-order valence-corrected chi connectivity index (χ2v) is 5.43. The third kappa shape index (κ3) is 3.70. The Morgan fingerprint density at radius 1 is 1.42 bits per heavy atom. The van der Waals surface area contributed by atoms with Gasteiger partial charge in [-0.2, -0.15) is 0 Å². The average Bonchev–Trinajstić information content (AvgIpc) is 2.36. The highest BCUT2D eigenvalue weighted by Gasteiger charge is 2.23. The maximum atomic E-state index is 11.6. The number of fused-ring (bicyclic) bond motifs is 1. The molecule has 0 aliphatic carbocycles. The van der Waals surface area contributed by atoms with E-state index in [1.807, 2.05) is 12.1 Å². The number of hydrogen-bond acceptors (Lipinski definition) is 3. The first-order valence-corrected chi connectivity index (χ1v) is 6.87. The van der Waals surface area contributed by atoms with E-state index in [-0.39, 0.29) is 5.91 Å². The first-order valence-electron chi connectivity index (χ1n) is 6.87. The van der Waals surface area contributed by atoms with Crippen LogP contribution in [0.3, 0.4) is 0 Å². The molecule has 1 amide bonds. The minimum atomic E-state index is -0.411. The van der Waals surface area contributed by atoms with E-state index in [1.165, 1.54) is 5.56 Å². The Labute approximate surface area is 114 Å². The molecule has 4 nitrogen and oxygen atoms in total. The van der Waals surface area contributed by atoms with Crippen molar-refractivity contribution in [2.24, 2.45) is 5.92 Å². The monoisotopic (exact) mass is 262 g/mol. The highest BCUT2D eigenvalue weighted by Crippen LogP contribution is 2.30. The summed E-state index contributed by atoms with van der Waals surface area (Å²) in [5.41, 5.74) is 1.98. The van der Waals surface area contributed by atoms with Crippen LogP contribution in [0.5, 0.6) is 5.75 Å². The summed E-state index contributed by atoms with van der Waals surface area (Å²) < 4.78 is 5.53. The normalized spacial score (nSPS) is 17.9. The lowest BCUT2D eigenvalue weighted by atomic mass is 10.1. The first-order chi connectivity index (χ1) is 9.06. The van der Waals surface area contributed by atoms with Crippen molar-refractivity contribution in [3.05, 3.63) is 23.8 Å². The molecule has 2 N–H and O–H groups in total.